The number of hydrogen-bond acceptors (Lipinski definition) is 4. The largest absolute Gasteiger partial charge is 0.501 e. The van der Waals surface area contributed by atoms with E-state index in [1.165, 1.54) is 60.1 Å². The Morgan fingerprint density at radius 1 is 1.05 bits per heavy atom. The molecule has 0 aliphatic carbocycles. The van der Waals surface area contributed by atoms with Crippen LogP contribution < -0.4 is 5.32 Å². The standard InChI is InChI=1S/C28H30BrN3O.C4H6O/c1-31-18-24(22-17-20(29)8-10-26(22)31)27-21-11-15-33-28(21)23-16-19(7-9-25(23)30-27)6-5-14-32-12-3-2-4-13-32;1-2-4-5-3-1/h7-10,16-18,21,27-28,30H,2-4,11-15H2,1H3;1,3H,2,4H2/t21-,27?,28-;/m0./s1. The highest BCUT2D eigenvalue weighted by molar-refractivity contribution is 9.10. The lowest BCUT2D eigenvalue weighted by Gasteiger charge is -2.36. The zero-order valence-corrected chi connectivity index (χ0v) is 23.7. The van der Waals surface area contributed by atoms with Gasteiger partial charge in [-0.3, -0.25) is 4.90 Å². The number of aromatic nitrogens is 1. The van der Waals surface area contributed by atoms with Crippen molar-refractivity contribution in [3.63, 3.8) is 0 Å². The van der Waals surface area contributed by atoms with Gasteiger partial charge in [-0.15, -0.1) is 0 Å². The molecule has 0 radical (unpaired) electrons. The van der Waals surface area contributed by atoms with Gasteiger partial charge < -0.3 is 19.4 Å². The zero-order chi connectivity index (χ0) is 25.9. The molecule has 5 heterocycles. The van der Waals surface area contributed by atoms with Gasteiger partial charge in [-0.05, 0) is 74.8 Å². The number of rotatable bonds is 2. The highest BCUT2D eigenvalue weighted by Gasteiger charge is 2.42. The van der Waals surface area contributed by atoms with Gasteiger partial charge in [0, 0.05) is 69.9 Å². The molecule has 2 aromatic carbocycles. The predicted octanol–water partition coefficient (Wildman–Crippen LogP) is 6.94. The summed E-state index contributed by atoms with van der Waals surface area (Å²) in [5.74, 6) is 7.24. The normalized spacial score (nSPS) is 23.9. The van der Waals surface area contributed by atoms with Gasteiger partial charge in [-0.2, -0.15) is 0 Å². The van der Waals surface area contributed by atoms with Gasteiger partial charge in [0.15, 0.2) is 0 Å². The lowest BCUT2D eigenvalue weighted by Crippen LogP contribution is -2.29. The molecule has 0 bridgehead atoms. The van der Waals surface area contributed by atoms with Crippen LogP contribution >= 0.6 is 15.9 Å². The molecule has 4 aliphatic rings. The fraction of sp³-hybridized carbons (Fsp3) is 0.438. The van der Waals surface area contributed by atoms with Crippen LogP contribution in [0.15, 0.2) is 59.4 Å². The molecular formula is C32H36BrN3O2. The third kappa shape index (κ3) is 5.38. The van der Waals surface area contributed by atoms with E-state index >= 15 is 0 Å². The third-order valence-electron chi connectivity index (χ3n) is 8.13. The fourth-order valence-corrected chi connectivity index (χ4v) is 6.57. The Balaban J connectivity index is 0.000000476. The SMILES string of the molecule is C1=COCC1.Cn1cc(C2Nc3ccc(C#CCN4CCCCC4)cc3[C@H]3OCC[C@@H]23)c2cc(Br)ccc21. The van der Waals surface area contributed by atoms with Crippen LogP contribution in [0.2, 0.25) is 0 Å². The van der Waals surface area contributed by atoms with Crippen LogP contribution in [0.5, 0.6) is 0 Å². The second kappa shape index (κ2) is 11.6. The van der Waals surface area contributed by atoms with Crippen molar-refractivity contribution in [2.45, 2.75) is 44.2 Å². The number of benzene rings is 2. The Morgan fingerprint density at radius 3 is 2.74 bits per heavy atom. The van der Waals surface area contributed by atoms with Crippen LogP contribution in [0, 0.1) is 17.8 Å². The Hall–Kier alpha value is -2.72. The molecule has 4 aliphatic heterocycles. The van der Waals surface area contributed by atoms with Crippen molar-refractivity contribution in [3.05, 3.63) is 76.1 Å². The van der Waals surface area contributed by atoms with Crippen LogP contribution in [0.1, 0.15) is 60.9 Å². The van der Waals surface area contributed by atoms with Crippen molar-refractivity contribution < 1.29 is 9.47 Å². The summed E-state index contributed by atoms with van der Waals surface area (Å²) in [7, 11) is 2.13. The molecule has 5 nitrogen and oxygen atoms in total. The first kappa shape index (κ1) is 25.6. The average molecular weight is 575 g/mol. The first-order valence-corrected chi connectivity index (χ1v) is 14.7. The van der Waals surface area contributed by atoms with Crippen molar-refractivity contribution in [2.24, 2.45) is 13.0 Å². The molecule has 0 spiro atoms. The molecule has 6 heteroatoms. The van der Waals surface area contributed by atoms with Crippen LogP contribution in [-0.4, -0.2) is 42.3 Å². The summed E-state index contributed by atoms with van der Waals surface area (Å²) in [4.78, 5) is 2.47. The van der Waals surface area contributed by atoms with Gasteiger partial charge in [0.1, 0.15) is 0 Å². The van der Waals surface area contributed by atoms with E-state index in [1.54, 1.807) is 6.26 Å². The quantitative estimate of drug-likeness (QED) is 0.337. The summed E-state index contributed by atoms with van der Waals surface area (Å²) in [5.41, 5.74) is 6.15. The lowest BCUT2D eigenvalue weighted by molar-refractivity contribution is 0.0830. The van der Waals surface area contributed by atoms with Crippen molar-refractivity contribution in [1.29, 1.82) is 0 Å². The fourth-order valence-electron chi connectivity index (χ4n) is 6.21. The van der Waals surface area contributed by atoms with E-state index in [2.05, 4.69) is 92.2 Å². The number of likely N-dealkylation sites (tertiary alicyclic amines) is 1. The summed E-state index contributed by atoms with van der Waals surface area (Å²) in [6, 6.07) is 13.4. The minimum Gasteiger partial charge on any atom is -0.501 e. The highest BCUT2D eigenvalue weighted by atomic mass is 79.9. The van der Waals surface area contributed by atoms with Crippen molar-refractivity contribution in [3.8, 4) is 11.8 Å². The van der Waals surface area contributed by atoms with Crippen LogP contribution in [0.4, 0.5) is 5.69 Å². The molecule has 3 atom stereocenters. The number of ether oxygens (including phenoxy) is 2. The molecule has 3 aromatic rings. The molecule has 198 valence electrons. The molecule has 1 unspecified atom stereocenters. The van der Waals surface area contributed by atoms with E-state index in [-0.39, 0.29) is 12.1 Å². The number of hydrogen-bond donors (Lipinski definition) is 1. The van der Waals surface area contributed by atoms with Gasteiger partial charge >= 0.3 is 0 Å². The van der Waals surface area contributed by atoms with Gasteiger partial charge in [0.05, 0.1) is 31.6 Å². The Bertz CT molecular complexity index is 1370. The summed E-state index contributed by atoms with van der Waals surface area (Å²) in [6.45, 7) is 4.95. The first-order valence-electron chi connectivity index (χ1n) is 13.9. The molecule has 2 fully saturated rings. The number of nitrogens with one attached hydrogen (secondary N) is 1. The minimum atomic E-state index is 0.123. The number of nitrogens with zero attached hydrogens (tertiary/aromatic N) is 2. The van der Waals surface area contributed by atoms with Crippen LogP contribution in [0.3, 0.4) is 0 Å². The number of aryl methyl sites for hydroxylation is 1. The topological polar surface area (TPSA) is 38.7 Å². The van der Waals surface area contributed by atoms with Gasteiger partial charge in [-0.25, -0.2) is 0 Å². The molecule has 0 saturated carbocycles. The minimum absolute atomic E-state index is 0.123. The smallest absolute Gasteiger partial charge is 0.0908 e. The van der Waals surface area contributed by atoms with E-state index in [4.69, 9.17) is 9.47 Å². The first-order chi connectivity index (χ1) is 18.7. The third-order valence-corrected chi connectivity index (χ3v) is 8.62. The van der Waals surface area contributed by atoms with E-state index < -0.39 is 0 Å². The molecule has 38 heavy (non-hydrogen) atoms. The Labute approximate surface area is 234 Å². The Morgan fingerprint density at radius 2 is 1.95 bits per heavy atom. The Kier molecular flexibility index (Phi) is 7.78. The summed E-state index contributed by atoms with van der Waals surface area (Å²) in [5, 5.41) is 5.18. The van der Waals surface area contributed by atoms with Crippen molar-refractivity contribution >= 4 is 32.5 Å². The van der Waals surface area contributed by atoms with E-state index in [9.17, 15) is 0 Å². The number of fused-ring (bicyclic) bond motifs is 4. The molecular weight excluding hydrogens is 538 g/mol. The molecule has 7 rings (SSSR count). The number of anilines is 1. The van der Waals surface area contributed by atoms with Crippen molar-refractivity contribution in [2.75, 3.05) is 38.2 Å². The summed E-state index contributed by atoms with van der Waals surface area (Å²) >= 11 is 3.67. The van der Waals surface area contributed by atoms with Gasteiger partial charge in [0.2, 0.25) is 0 Å². The maximum atomic E-state index is 6.32. The maximum absolute atomic E-state index is 6.32. The molecule has 1 aromatic heterocycles. The zero-order valence-electron chi connectivity index (χ0n) is 22.1. The van der Waals surface area contributed by atoms with E-state index in [0.29, 0.717) is 5.92 Å². The highest BCUT2D eigenvalue weighted by Crippen LogP contribution is 2.51. The molecule has 0 amide bonds. The second-order valence-corrected chi connectivity index (χ2v) is 11.6. The monoisotopic (exact) mass is 573 g/mol. The van der Waals surface area contributed by atoms with E-state index in [0.717, 1.165) is 42.6 Å². The average Bonchev–Trinajstić information content (AvgIpc) is 3.72. The maximum Gasteiger partial charge on any atom is 0.0908 e. The van der Waals surface area contributed by atoms with Crippen molar-refractivity contribution in [1.82, 2.24) is 9.47 Å². The van der Waals surface area contributed by atoms with Gasteiger partial charge in [0.25, 0.3) is 0 Å². The second-order valence-electron chi connectivity index (χ2n) is 10.7. The molecule has 1 N–H and O–H groups in total. The van der Waals surface area contributed by atoms with E-state index in [1.807, 2.05) is 6.08 Å². The number of halogens is 1. The summed E-state index contributed by atoms with van der Waals surface area (Å²) in [6.07, 6.45) is 12.3. The summed E-state index contributed by atoms with van der Waals surface area (Å²) < 4.78 is 14.4. The number of piperidine rings is 1. The van der Waals surface area contributed by atoms with Crippen LogP contribution in [0.25, 0.3) is 10.9 Å². The predicted molar refractivity (Wildman–Crippen MR) is 157 cm³/mol. The van der Waals surface area contributed by atoms with Crippen LogP contribution in [-0.2, 0) is 16.5 Å². The van der Waals surface area contributed by atoms with Gasteiger partial charge in [-0.1, -0.05) is 34.2 Å². The molecule has 2 saturated heterocycles. The lowest BCUT2D eigenvalue weighted by atomic mass is 9.80.